The summed E-state index contributed by atoms with van der Waals surface area (Å²) in [6, 6.07) is 40.1. The van der Waals surface area contributed by atoms with Gasteiger partial charge in [-0.15, -0.1) is 0 Å². The molecule has 0 unspecified atom stereocenters. The van der Waals surface area contributed by atoms with Gasteiger partial charge in [0.15, 0.2) is 11.9 Å². The number of pyridine rings is 1. The molecule has 22 atom stereocenters. The predicted octanol–water partition coefficient (Wildman–Crippen LogP) is 2.38. The van der Waals surface area contributed by atoms with Crippen molar-refractivity contribution in [3.8, 4) is 29.1 Å². The van der Waals surface area contributed by atoms with Gasteiger partial charge in [0.2, 0.25) is 17.6 Å². The van der Waals surface area contributed by atoms with Gasteiger partial charge >= 0.3 is 51.5 Å². The third kappa shape index (κ3) is 32.2. The lowest BCUT2D eigenvalue weighted by atomic mass is 9.96. The van der Waals surface area contributed by atoms with Crippen LogP contribution in [0.5, 0.6) is 29.1 Å². The summed E-state index contributed by atoms with van der Waals surface area (Å²) in [5, 5.41) is 115. The molecule has 794 valence electrons. The number of hydrogen-bond acceptors (Lipinski definition) is 43. The molecule has 6 heterocycles. The highest BCUT2D eigenvalue weighted by Gasteiger charge is 2.46. The van der Waals surface area contributed by atoms with Gasteiger partial charge < -0.3 is 90.0 Å². The normalized spacial score (nSPS) is 27.0. The highest BCUT2D eigenvalue weighted by Crippen LogP contribution is 2.43. The number of aliphatic hydroxyl groups excluding tert-OH is 8. The Kier molecular flexibility index (Phi) is 38.5. The minimum absolute atomic E-state index is 0.0676. The first-order valence-corrected chi connectivity index (χ1v) is 54.4. The lowest BCUT2D eigenvalue weighted by Crippen LogP contribution is -2.36. The molecule has 5 aromatic heterocycles. The average Bonchev–Trinajstić information content (AvgIpc) is 1.63. The van der Waals surface area contributed by atoms with E-state index in [0.29, 0.717) is 109 Å². The standard InChI is InChI=1S/C22H31N5O6S.C21H26N2O5S.C20H25N5O6S.C20H25N3O7S.C10H15N3O6S/c23-34(30,31)33-12-15-9-17(22(29)21(15)28)27-20-10-19(24-13-25-20)26-16-7-4-8-18(16)32-11-14-5-2-1-3-6-14;22-29(25,26)27-13-16-10-19(12-21(16)24)28-18-7-8-23-17(11-18)9-15-6-5-14-3-1-2-4-20(14)15;1-30-17-4-2-3-11(8-26)18(17)14-7-15-19(25-14)20(23-10-22-15)24-13-5-12(16(27)6-13)9-31-32(21,28)29;1-27-17-7-12-4-2-3-5-15(12)20(17)30-19-9-18(22-11-23-19)29-14-6-13(16(24)8-14)10-28-31(21,25)26;11-20(16,17)18-4-6-3-7(10(15)9(6)14)19-8-1-2-12-5-13-8/h1-3,5-6,10,13,15-18,21-22,28-29H,4,7-9,11-12H2,(H2,23,30,31)(H2,24,25,26,27);1-4,7-8,11,15-16,19,21,24H,5-6,9-10,12-13H2,(H2,22,25,26);2-4,10,12-13,16,26-27H,5-9H2,1H3,(H2,21,28,29)(H,22,23,24);2-5,9,11,13-14,16-17,20,24H,6-8,10H2,1H3,(H2,21,25,26);1-2,5-7,9-10,14-15H,3-4H2,(H2,11,16,17)/t15-,16+,17-,18+,21-,22+;15-,16+,19-,21+;12-,13+,16-;13-,14+,16-,17-,20+;6-,7+,9+,10-/m11000/s1. The maximum atomic E-state index is 11.0. The number of aryl methyl sites for hydroxylation is 1. The zero-order chi connectivity index (χ0) is 104. The highest BCUT2D eigenvalue weighted by atomic mass is 32.3. The van der Waals surface area contributed by atoms with Crippen molar-refractivity contribution >= 4 is 80.4 Å². The summed E-state index contributed by atoms with van der Waals surface area (Å²) in [6.07, 6.45) is 10.6. The molecular formula is C93H122N18O30S5. The highest BCUT2D eigenvalue weighted by molar-refractivity contribution is 7.85. The number of benzene rings is 4. The maximum absolute atomic E-state index is 11.0. The molecule has 146 heavy (non-hydrogen) atoms. The molecule has 6 fully saturated rings. The van der Waals surface area contributed by atoms with Gasteiger partial charge in [-0.25, -0.2) is 70.6 Å². The van der Waals surface area contributed by atoms with Crippen LogP contribution in [0.2, 0.25) is 0 Å². The molecule has 9 aromatic rings. The van der Waals surface area contributed by atoms with Gasteiger partial charge in [-0.05, 0) is 128 Å². The number of ether oxygens (including phenoxy) is 7. The lowest BCUT2D eigenvalue weighted by Gasteiger charge is -2.23. The van der Waals surface area contributed by atoms with E-state index in [4.69, 9.17) is 63.8 Å². The van der Waals surface area contributed by atoms with Gasteiger partial charge in [0.1, 0.15) is 90.8 Å². The largest absolute Gasteiger partial charge is 0.496 e. The van der Waals surface area contributed by atoms with E-state index in [9.17, 15) is 82.9 Å². The summed E-state index contributed by atoms with van der Waals surface area (Å²) in [4.78, 5) is 42.3. The first-order valence-electron chi connectivity index (χ1n) is 47.1. The van der Waals surface area contributed by atoms with Crippen LogP contribution in [0.1, 0.15) is 139 Å². The number of aromatic nitrogens is 9. The Hall–Kier alpha value is -10.6. The summed E-state index contributed by atoms with van der Waals surface area (Å²) in [5.74, 6) is 2.03. The number of aliphatic imine (C=N–C) groups is 1. The SMILES string of the molecule is CO[C@H]1Cc2ccccc2[C@H]1Oc1cc(O[C@@H]2C[C@@H](COS(N)(=O)=O)[C@@H](O)C2)ncn1.COc1cccc(CO)c1C1=Nc2c(ncnc2N[C@@H]2C[C@@H](COS(N)(=O)=O)[C@@H](O)C2)C1.NS(=O)(=O)OC[C@@H]1C[C@@H](Oc2ccnc(C[C@H]3CCc4ccccc43)c2)C[C@@H]1O.NS(=O)(=O)OC[C@@H]1C[C@@H](Oc2ccncn2)[C@H](O)[C@@H]1O.NS(=O)(=O)OC[C@H]1C[C@@H](Nc2cc(N[C@H]3CCC[C@@H]3OCc3ccccc3)ncn2)[C@H](O)[C@@H]1O. The third-order valence-corrected chi connectivity index (χ3v) is 28.9. The molecule has 9 aliphatic rings. The second kappa shape index (κ2) is 50.6. The van der Waals surface area contributed by atoms with Crippen LogP contribution in [0.15, 0.2) is 170 Å². The summed E-state index contributed by atoms with van der Waals surface area (Å²) >= 11 is 0. The maximum Gasteiger partial charge on any atom is 0.333 e. The second-order valence-corrected chi connectivity index (χ2v) is 42.9. The zero-order valence-corrected chi connectivity index (χ0v) is 83.6. The number of aliphatic hydroxyl groups is 8. The van der Waals surface area contributed by atoms with E-state index >= 15 is 0 Å². The third-order valence-electron chi connectivity index (χ3n) is 26.6. The van der Waals surface area contributed by atoms with Gasteiger partial charge in [0, 0.05) is 110 Å². The Bertz CT molecular complexity index is 6440. The number of nitrogens with one attached hydrogen (secondary N) is 3. The molecule has 53 heteroatoms. The fraction of sp³-hybridized carbons (Fsp3) is 0.505. The number of methoxy groups -OCH3 is 2. The van der Waals surface area contributed by atoms with Crippen LogP contribution in [-0.2, 0) is 121 Å². The Balaban J connectivity index is 0.000000146. The van der Waals surface area contributed by atoms with Crippen molar-refractivity contribution in [2.45, 2.75) is 219 Å². The van der Waals surface area contributed by atoms with Crippen molar-refractivity contribution in [2.75, 3.05) is 63.2 Å². The van der Waals surface area contributed by atoms with Crippen molar-refractivity contribution < 1.29 is 137 Å². The number of nitrogens with zero attached hydrogens (tertiary/aromatic N) is 10. The van der Waals surface area contributed by atoms with Crippen LogP contribution < -0.4 is 65.3 Å². The average molecular weight is 2130 g/mol. The summed E-state index contributed by atoms with van der Waals surface area (Å²) < 4.78 is 173. The number of fused-ring (bicyclic) bond motifs is 3. The van der Waals surface area contributed by atoms with Gasteiger partial charge in [-0.2, -0.15) is 42.1 Å². The van der Waals surface area contributed by atoms with Crippen molar-refractivity contribution in [2.24, 2.45) is 60.3 Å². The van der Waals surface area contributed by atoms with E-state index in [1.54, 1.807) is 32.5 Å². The van der Waals surface area contributed by atoms with E-state index in [2.05, 4.69) is 112 Å². The summed E-state index contributed by atoms with van der Waals surface area (Å²) in [6.45, 7) is -0.738. The van der Waals surface area contributed by atoms with Crippen molar-refractivity contribution in [1.29, 1.82) is 0 Å². The molecule has 8 aliphatic carbocycles. The van der Waals surface area contributed by atoms with Gasteiger partial charge in [-0.3, -0.25) is 25.9 Å². The van der Waals surface area contributed by atoms with E-state index in [1.807, 2.05) is 78.9 Å². The molecule has 0 saturated heterocycles. The number of hydrogen-bond donors (Lipinski definition) is 16. The van der Waals surface area contributed by atoms with E-state index in [-0.39, 0.29) is 113 Å². The molecule has 48 nitrogen and oxygen atoms in total. The molecule has 0 radical (unpaired) electrons. The van der Waals surface area contributed by atoms with Crippen LogP contribution in [0, 0.1) is 29.6 Å². The lowest BCUT2D eigenvalue weighted by molar-refractivity contribution is -0.0230. The molecular weight excluding hydrogens is 2010 g/mol. The molecule has 18 rings (SSSR count). The number of nitrogens with two attached hydrogens (primary N) is 5. The first-order chi connectivity index (χ1) is 69.6. The van der Waals surface area contributed by atoms with Crippen LogP contribution in [-0.4, -0.2) is 272 Å². The summed E-state index contributed by atoms with van der Waals surface area (Å²) in [7, 11) is -17.1. The van der Waals surface area contributed by atoms with Crippen molar-refractivity contribution in [1.82, 2.24) is 44.9 Å². The Morgan fingerprint density at radius 2 is 1.03 bits per heavy atom. The molecule has 0 amide bonds. The Labute approximate surface area is 844 Å². The van der Waals surface area contributed by atoms with Gasteiger partial charge in [0.25, 0.3) is 0 Å². The minimum atomic E-state index is -4.12. The number of rotatable bonds is 38. The van der Waals surface area contributed by atoms with Crippen LogP contribution in [0.4, 0.5) is 23.1 Å². The fourth-order valence-electron chi connectivity index (χ4n) is 19.4. The predicted molar refractivity (Wildman–Crippen MR) is 523 cm³/mol. The molecule has 21 N–H and O–H groups in total. The van der Waals surface area contributed by atoms with Crippen LogP contribution >= 0.6 is 0 Å². The second-order valence-electron chi connectivity index (χ2n) is 36.8. The quantitative estimate of drug-likeness (QED) is 0.0264. The molecule has 4 aromatic carbocycles. The Morgan fingerprint density at radius 1 is 0.452 bits per heavy atom. The smallest absolute Gasteiger partial charge is 0.333 e. The molecule has 6 saturated carbocycles. The topological polar surface area (TPSA) is 738 Å². The van der Waals surface area contributed by atoms with E-state index in [0.717, 1.165) is 78.7 Å². The zero-order valence-electron chi connectivity index (χ0n) is 79.5. The van der Waals surface area contributed by atoms with Crippen LogP contribution in [0.25, 0.3) is 0 Å². The minimum Gasteiger partial charge on any atom is -0.496 e. The van der Waals surface area contributed by atoms with Gasteiger partial charge in [-0.1, -0.05) is 91.0 Å². The molecule has 0 bridgehead atoms. The van der Waals surface area contributed by atoms with Crippen molar-refractivity contribution in [3.63, 3.8) is 0 Å². The van der Waals surface area contributed by atoms with Crippen molar-refractivity contribution in [3.05, 3.63) is 215 Å². The summed E-state index contributed by atoms with van der Waals surface area (Å²) in [5.41, 5.74) is 10.7. The fourth-order valence-corrected chi connectivity index (χ4v) is 21.3. The van der Waals surface area contributed by atoms with Crippen LogP contribution in [0.3, 0.4) is 0 Å². The van der Waals surface area contributed by atoms with E-state index < -0.39 is 124 Å². The van der Waals surface area contributed by atoms with E-state index in [1.165, 1.54) is 54.3 Å². The van der Waals surface area contributed by atoms with Gasteiger partial charge in [0.05, 0.1) is 120 Å². The molecule has 1 aliphatic heterocycles. The Morgan fingerprint density at radius 3 is 1.66 bits per heavy atom. The number of anilines is 3. The first kappa shape index (κ1) is 111. The molecule has 0 spiro atoms. The monoisotopic (exact) mass is 2130 g/mol.